The van der Waals surface area contributed by atoms with E-state index in [2.05, 4.69) is 0 Å². The van der Waals surface area contributed by atoms with E-state index < -0.39 is 11.9 Å². The van der Waals surface area contributed by atoms with Crippen molar-refractivity contribution in [2.45, 2.75) is 26.2 Å². The van der Waals surface area contributed by atoms with Gasteiger partial charge in [-0.3, -0.25) is 9.59 Å². The third kappa shape index (κ3) is 3.73. The number of halogens is 1. The molecule has 134 valence electrons. The molecule has 2 aromatic carbocycles. The van der Waals surface area contributed by atoms with Crippen molar-refractivity contribution in [3.63, 3.8) is 0 Å². The lowest BCUT2D eigenvalue weighted by atomic mass is 9.73. The molecule has 0 aromatic heterocycles. The van der Waals surface area contributed by atoms with E-state index in [1.807, 2.05) is 49.4 Å². The molecule has 0 saturated carbocycles. The van der Waals surface area contributed by atoms with Gasteiger partial charge in [0, 0.05) is 10.9 Å². The number of carbonyl (C=O) groups is 2. The van der Waals surface area contributed by atoms with Crippen LogP contribution in [-0.4, -0.2) is 18.4 Å². The van der Waals surface area contributed by atoms with Crippen LogP contribution in [0.3, 0.4) is 0 Å². The molecule has 0 aliphatic heterocycles. The Morgan fingerprint density at radius 2 is 1.85 bits per heavy atom. The van der Waals surface area contributed by atoms with E-state index >= 15 is 0 Å². The Kier molecular flexibility index (Phi) is 5.58. The molecule has 2 atom stereocenters. The van der Waals surface area contributed by atoms with Crippen molar-refractivity contribution in [2.24, 2.45) is 5.92 Å². The lowest BCUT2D eigenvalue weighted by Crippen LogP contribution is -2.34. The molecule has 1 aliphatic carbocycles. The molecule has 0 bridgehead atoms. The van der Waals surface area contributed by atoms with Crippen molar-refractivity contribution in [1.82, 2.24) is 0 Å². The zero-order valence-corrected chi connectivity index (χ0v) is 15.6. The summed E-state index contributed by atoms with van der Waals surface area (Å²) in [6, 6.07) is 15.4. The van der Waals surface area contributed by atoms with E-state index in [4.69, 9.17) is 16.3 Å². The number of benzene rings is 2. The fourth-order valence-electron chi connectivity index (χ4n) is 3.42. The van der Waals surface area contributed by atoms with Crippen LogP contribution in [0.5, 0.6) is 0 Å². The number of allylic oxidation sites excluding steroid dienone is 2. The molecule has 0 N–H and O–H groups in total. The van der Waals surface area contributed by atoms with Crippen LogP contribution in [0.4, 0.5) is 0 Å². The summed E-state index contributed by atoms with van der Waals surface area (Å²) in [5, 5.41) is 0.560. The smallest absolute Gasteiger partial charge is 0.317 e. The Morgan fingerprint density at radius 3 is 2.50 bits per heavy atom. The standard InChI is InChI=1S/C22H21ClO3/c1-3-26-22(25)21-18(17-6-4-5-7-19(17)23)12-16(13-20(21)24)15-10-8-14(2)9-11-15/h4-11,13,18,21H,3,12H2,1-2H3/t18-,21-/m1/s1. The maximum absolute atomic E-state index is 12.8. The summed E-state index contributed by atoms with van der Waals surface area (Å²) in [4.78, 5) is 25.3. The highest BCUT2D eigenvalue weighted by Crippen LogP contribution is 2.42. The summed E-state index contributed by atoms with van der Waals surface area (Å²) < 4.78 is 5.17. The Labute approximate surface area is 158 Å². The molecule has 1 aliphatic rings. The van der Waals surface area contributed by atoms with Crippen molar-refractivity contribution >= 4 is 28.9 Å². The van der Waals surface area contributed by atoms with Gasteiger partial charge in [-0.1, -0.05) is 59.6 Å². The monoisotopic (exact) mass is 368 g/mol. The molecule has 2 aromatic rings. The van der Waals surface area contributed by atoms with E-state index in [0.717, 1.165) is 22.3 Å². The highest BCUT2D eigenvalue weighted by molar-refractivity contribution is 6.31. The first-order valence-electron chi connectivity index (χ1n) is 8.73. The Morgan fingerprint density at radius 1 is 1.15 bits per heavy atom. The van der Waals surface area contributed by atoms with Crippen LogP contribution in [0.25, 0.3) is 5.57 Å². The fourth-order valence-corrected chi connectivity index (χ4v) is 3.70. The van der Waals surface area contributed by atoms with Crippen molar-refractivity contribution in [3.05, 3.63) is 76.3 Å². The lowest BCUT2D eigenvalue weighted by molar-refractivity contribution is -0.151. The number of aryl methyl sites for hydroxylation is 1. The first kappa shape index (κ1) is 18.4. The van der Waals surface area contributed by atoms with Gasteiger partial charge in [0.2, 0.25) is 0 Å². The molecule has 0 spiro atoms. The summed E-state index contributed by atoms with van der Waals surface area (Å²) in [6.07, 6.45) is 2.14. The number of rotatable bonds is 4. The second-order valence-electron chi connectivity index (χ2n) is 6.50. The van der Waals surface area contributed by atoms with Crippen molar-refractivity contribution in [1.29, 1.82) is 0 Å². The molecular weight excluding hydrogens is 348 g/mol. The van der Waals surface area contributed by atoms with Gasteiger partial charge < -0.3 is 4.74 Å². The van der Waals surface area contributed by atoms with Crippen LogP contribution in [0.2, 0.25) is 5.02 Å². The normalized spacial score (nSPS) is 19.8. The van der Waals surface area contributed by atoms with E-state index in [0.29, 0.717) is 11.4 Å². The number of ketones is 1. The predicted octanol–water partition coefficient (Wildman–Crippen LogP) is 4.97. The van der Waals surface area contributed by atoms with Gasteiger partial charge in [0.15, 0.2) is 5.78 Å². The largest absolute Gasteiger partial charge is 0.465 e. The van der Waals surface area contributed by atoms with Crippen LogP contribution in [0, 0.1) is 12.8 Å². The molecule has 26 heavy (non-hydrogen) atoms. The van der Waals surface area contributed by atoms with Crippen LogP contribution >= 0.6 is 11.6 Å². The zero-order chi connectivity index (χ0) is 18.7. The van der Waals surface area contributed by atoms with Gasteiger partial charge in [-0.15, -0.1) is 0 Å². The highest BCUT2D eigenvalue weighted by Gasteiger charge is 2.40. The SMILES string of the molecule is CCOC(=O)[C@H]1C(=O)C=C(c2ccc(C)cc2)C[C@@H]1c1ccccc1Cl. The van der Waals surface area contributed by atoms with Gasteiger partial charge in [-0.05, 0) is 49.1 Å². The average Bonchev–Trinajstić information content (AvgIpc) is 2.62. The second-order valence-corrected chi connectivity index (χ2v) is 6.91. The molecule has 0 fully saturated rings. The minimum Gasteiger partial charge on any atom is -0.465 e. The van der Waals surface area contributed by atoms with E-state index in [1.54, 1.807) is 19.1 Å². The van der Waals surface area contributed by atoms with Crippen molar-refractivity contribution in [3.8, 4) is 0 Å². The molecule has 4 heteroatoms. The maximum Gasteiger partial charge on any atom is 0.317 e. The summed E-state index contributed by atoms with van der Waals surface area (Å²) in [5.41, 5.74) is 3.87. The van der Waals surface area contributed by atoms with Gasteiger partial charge in [-0.25, -0.2) is 0 Å². The summed E-state index contributed by atoms with van der Waals surface area (Å²) in [5.74, 6) is -1.91. The summed E-state index contributed by atoms with van der Waals surface area (Å²) in [6.45, 7) is 4.00. The minimum absolute atomic E-state index is 0.227. The quantitative estimate of drug-likeness (QED) is 0.565. The number of esters is 1. The van der Waals surface area contributed by atoms with Crippen LogP contribution in [-0.2, 0) is 14.3 Å². The van der Waals surface area contributed by atoms with E-state index in [-0.39, 0.29) is 18.3 Å². The van der Waals surface area contributed by atoms with Crippen LogP contribution in [0.15, 0.2) is 54.6 Å². The Balaban J connectivity index is 2.04. The topological polar surface area (TPSA) is 43.4 Å². The molecule has 0 saturated heterocycles. The van der Waals surface area contributed by atoms with Crippen molar-refractivity contribution in [2.75, 3.05) is 6.61 Å². The summed E-state index contributed by atoms with van der Waals surface area (Å²) >= 11 is 6.38. The molecule has 0 unspecified atom stereocenters. The second kappa shape index (κ2) is 7.88. The number of ether oxygens (including phenoxy) is 1. The molecule has 0 radical (unpaired) electrons. The first-order valence-corrected chi connectivity index (χ1v) is 9.11. The van der Waals surface area contributed by atoms with Gasteiger partial charge in [0.25, 0.3) is 0 Å². The Hall–Kier alpha value is -2.39. The van der Waals surface area contributed by atoms with Crippen LogP contribution < -0.4 is 0 Å². The van der Waals surface area contributed by atoms with Gasteiger partial charge in [0.05, 0.1) is 6.61 Å². The molecule has 3 rings (SSSR count). The van der Waals surface area contributed by atoms with Crippen LogP contribution in [0.1, 0.15) is 36.0 Å². The zero-order valence-electron chi connectivity index (χ0n) is 14.9. The highest BCUT2D eigenvalue weighted by atomic mass is 35.5. The van der Waals surface area contributed by atoms with Gasteiger partial charge in [0.1, 0.15) is 5.92 Å². The fraction of sp³-hybridized carbons (Fsp3) is 0.273. The third-order valence-electron chi connectivity index (χ3n) is 4.73. The number of hydrogen-bond donors (Lipinski definition) is 0. The summed E-state index contributed by atoms with van der Waals surface area (Å²) in [7, 11) is 0. The molecule has 0 amide bonds. The maximum atomic E-state index is 12.8. The van der Waals surface area contributed by atoms with E-state index in [9.17, 15) is 9.59 Å². The van der Waals surface area contributed by atoms with Gasteiger partial charge in [-0.2, -0.15) is 0 Å². The lowest BCUT2D eigenvalue weighted by Gasteiger charge is -2.30. The van der Waals surface area contributed by atoms with E-state index in [1.165, 1.54) is 0 Å². The number of hydrogen-bond acceptors (Lipinski definition) is 3. The van der Waals surface area contributed by atoms with Gasteiger partial charge >= 0.3 is 5.97 Å². The Bertz CT molecular complexity index is 852. The molecular formula is C22H21ClO3. The first-order chi connectivity index (χ1) is 12.5. The molecule has 3 nitrogen and oxygen atoms in total. The third-order valence-corrected chi connectivity index (χ3v) is 5.08. The average molecular weight is 369 g/mol. The minimum atomic E-state index is -0.857. The molecule has 0 heterocycles. The van der Waals surface area contributed by atoms with Crippen molar-refractivity contribution < 1.29 is 14.3 Å². The predicted molar refractivity (Wildman–Crippen MR) is 103 cm³/mol. The number of carbonyl (C=O) groups excluding carboxylic acids is 2.